The highest BCUT2D eigenvalue weighted by Gasteiger charge is 2.38. The van der Waals surface area contributed by atoms with Crippen molar-refractivity contribution in [1.29, 1.82) is 0 Å². The molecule has 0 amide bonds. The van der Waals surface area contributed by atoms with E-state index in [2.05, 4.69) is 6.92 Å². The monoisotopic (exact) mass is 182 g/mol. The maximum Gasteiger partial charge on any atom is 0.122 e. The zero-order valence-electron chi connectivity index (χ0n) is 7.98. The zero-order chi connectivity index (χ0) is 9.31. The van der Waals surface area contributed by atoms with Gasteiger partial charge in [-0.2, -0.15) is 0 Å². The number of ether oxygens (including phenoxy) is 1. The van der Waals surface area contributed by atoms with Crippen LogP contribution >= 0.6 is 0 Å². The van der Waals surface area contributed by atoms with E-state index in [1.54, 1.807) is 6.08 Å². The van der Waals surface area contributed by atoms with Crippen LogP contribution in [-0.2, 0) is 4.74 Å². The highest BCUT2D eigenvalue weighted by Crippen LogP contribution is 2.45. The third kappa shape index (κ3) is 2.33. The average Bonchev–Trinajstić information content (AvgIpc) is 2.82. The van der Waals surface area contributed by atoms with E-state index in [0.29, 0.717) is 5.41 Å². The molecule has 2 heteroatoms. The van der Waals surface area contributed by atoms with Crippen LogP contribution in [0.1, 0.15) is 32.6 Å². The van der Waals surface area contributed by atoms with Gasteiger partial charge < -0.3 is 4.74 Å². The molecule has 0 aromatic heterocycles. The molecule has 0 heterocycles. The van der Waals surface area contributed by atoms with Crippen LogP contribution in [0.15, 0.2) is 23.7 Å². The van der Waals surface area contributed by atoms with Crippen molar-refractivity contribution in [2.75, 3.05) is 6.61 Å². The first-order valence-electron chi connectivity index (χ1n) is 4.87. The fourth-order valence-electron chi connectivity index (χ4n) is 1.38. The molecule has 13 heavy (non-hydrogen) atoms. The van der Waals surface area contributed by atoms with E-state index in [-0.39, 0.29) is 5.83 Å². The third-order valence-electron chi connectivity index (χ3n) is 2.74. The fourth-order valence-corrected chi connectivity index (χ4v) is 1.38. The molecule has 0 saturated heterocycles. The van der Waals surface area contributed by atoms with Gasteiger partial charge in [0.25, 0.3) is 0 Å². The Morgan fingerprint density at radius 1 is 1.54 bits per heavy atom. The van der Waals surface area contributed by atoms with E-state index < -0.39 is 0 Å². The van der Waals surface area contributed by atoms with Gasteiger partial charge in [0.1, 0.15) is 5.83 Å². The summed E-state index contributed by atoms with van der Waals surface area (Å²) in [5, 5.41) is 0. The van der Waals surface area contributed by atoms with Crippen molar-refractivity contribution in [3.63, 3.8) is 0 Å². The van der Waals surface area contributed by atoms with Crippen molar-refractivity contribution in [2.24, 2.45) is 5.41 Å². The topological polar surface area (TPSA) is 9.23 Å². The SMILES string of the molecule is CC1(COC2=CC(F)=CCC2)CC1. The first kappa shape index (κ1) is 8.79. The molecule has 0 N–H and O–H groups in total. The minimum absolute atomic E-state index is 0.151. The third-order valence-corrected chi connectivity index (χ3v) is 2.74. The average molecular weight is 182 g/mol. The molecule has 0 aromatic rings. The Hall–Kier alpha value is -0.790. The second-order valence-electron chi connectivity index (χ2n) is 4.34. The highest BCUT2D eigenvalue weighted by molar-refractivity contribution is 5.19. The predicted octanol–water partition coefficient (Wildman–Crippen LogP) is 3.33. The Morgan fingerprint density at radius 3 is 2.92 bits per heavy atom. The summed E-state index contributed by atoms with van der Waals surface area (Å²) in [6, 6.07) is 0. The summed E-state index contributed by atoms with van der Waals surface area (Å²) >= 11 is 0. The molecule has 0 aliphatic heterocycles. The molecule has 0 radical (unpaired) electrons. The van der Waals surface area contributed by atoms with E-state index >= 15 is 0 Å². The number of halogens is 1. The normalized spacial score (nSPS) is 24.8. The van der Waals surface area contributed by atoms with E-state index in [4.69, 9.17) is 4.74 Å². The molecule has 0 aromatic carbocycles. The lowest BCUT2D eigenvalue weighted by Gasteiger charge is -2.15. The van der Waals surface area contributed by atoms with Gasteiger partial charge in [-0.15, -0.1) is 0 Å². The van der Waals surface area contributed by atoms with E-state index in [1.165, 1.54) is 18.9 Å². The number of hydrogen-bond acceptors (Lipinski definition) is 1. The summed E-state index contributed by atoms with van der Waals surface area (Å²) in [7, 11) is 0. The smallest absolute Gasteiger partial charge is 0.122 e. The Morgan fingerprint density at radius 2 is 2.31 bits per heavy atom. The van der Waals surface area contributed by atoms with Gasteiger partial charge in [-0.3, -0.25) is 0 Å². The molecule has 2 aliphatic carbocycles. The first-order valence-corrected chi connectivity index (χ1v) is 4.87. The van der Waals surface area contributed by atoms with Crippen molar-refractivity contribution in [1.82, 2.24) is 0 Å². The Kier molecular flexibility index (Phi) is 2.14. The van der Waals surface area contributed by atoms with E-state index in [1.807, 2.05) is 0 Å². The number of hydrogen-bond donors (Lipinski definition) is 0. The van der Waals surface area contributed by atoms with Gasteiger partial charge in [0.15, 0.2) is 0 Å². The van der Waals surface area contributed by atoms with Crippen molar-refractivity contribution < 1.29 is 9.13 Å². The predicted molar refractivity (Wildman–Crippen MR) is 49.8 cm³/mol. The molecule has 1 nitrogen and oxygen atoms in total. The van der Waals surface area contributed by atoms with Crippen molar-refractivity contribution >= 4 is 0 Å². The quantitative estimate of drug-likeness (QED) is 0.650. The van der Waals surface area contributed by atoms with Gasteiger partial charge in [0.05, 0.1) is 12.4 Å². The molecule has 1 fully saturated rings. The van der Waals surface area contributed by atoms with Gasteiger partial charge >= 0.3 is 0 Å². The molecule has 1 saturated carbocycles. The summed E-state index contributed by atoms with van der Waals surface area (Å²) in [4.78, 5) is 0. The van der Waals surface area contributed by atoms with Crippen LogP contribution in [0.25, 0.3) is 0 Å². The molecule has 72 valence electrons. The largest absolute Gasteiger partial charge is 0.497 e. The lowest BCUT2D eigenvalue weighted by molar-refractivity contribution is 0.153. The van der Waals surface area contributed by atoms with Crippen LogP contribution in [0.3, 0.4) is 0 Å². The van der Waals surface area contributed by atoms with Crippen molar-refractivity contribution in [3.05, 3.63) is 23.7 Å². The van der Waals surface area contributed by atoms with Crippen LogP contribution in [0.5, 0.6) is 0 Å². The lowest BCUT2D eigenvalue weighted by atomic mass is 10.1. The first-order chi connectivity index (χ1) is 6.18. The Balaban J connectivity index is 1.84. The number of allylic oxidation sites excluding steroid dienone is 4. The minimum Gasteiger partial charge on any atom is -0.497 e. The van der Waals surface area contributed by atoms with Gasteiger partial charge in [-0.05, 0) is 25.3 Å². The van der Waals surface area contributed by atoms with Crippen LogP contribution in [-0.4, -0.2) is 6.61 Å². The number of rotatable bonds is 3. The molecular weight excluding hydrogens is 167 g/mol. The lowest BCUT2D eigenvalue weighted by Crippen LogP contribution is -2.06. The Bertz CT molecular complexity index is 261. The molecular formula is C11H15FO. The second-order valence-corrected chi connectivity index (χ2v) is 4.34. The highest BCUT2D eigenvalue weighted by atomic mass is 19.1. The summed E-state index contributed by atoms with van der Waals surface area (Å²) in [6.45, 7) is 2.97. The van der Waals surface area contributed by atoms with Gasteiger partial charge in [0, 0.05) is 17.9 Å². The van der Waals surface area contributed by atoms with E-state index in [9.17, 15) is 4.39 Å². The molecule has 2 rings (SSSR count). The van der Waals surface area contributed by atoms with Crippen LogP contribution < -0.4 is 0 Å². The Labute approximate surface area is 78.3 Å². The minimum atomic E-state index is -0.151. The standard InChI is InChI=1S/C11H15FO/c1-11(5-6-11)8-13-10-4-2-3-9(12)7-10/h3,7H,2,4-6,8H2,1H3. The van der Waals surface area contributed by atoms with Gasteiger partial charge in [-0.25, -0.2) is 4.39 Å². The summed E-state index contributed by atoms with van der Waals surface area (Å²) in [6.07, 6.45) is 7.23. The van der Waals surface area contributed by atoms with Gasteiger partial charge in [-0.1, -0.05) is 6.92 Å². The maximum atomic E-state index is 12.8. The summed E-state index contributed by atoms with van der Waals surface area (Å²) < 4.78 is 18.3. The molecule has 0 spiro atoms. The molecule has 0 atom stereocenters. The van der Waals surface area contributed by atoms with Crippen LogP contribution in [0.2, 0.25) is 0 Å². The van der Waals surface area contributed by atoms with E-state index in [0.717, 1.165) is 25.2 Å². The van der Waals surface area contributed by atoms with Gasteiger partial charge in [0.2, 0.25) is 0 Å². The zero-order valence-corrected chi connectivity index (χ0v) is 7.98. The summed E-state index contributed by atoms with van der Waals surface area (Å²) in [5.74, 6) is 0.662. The fraction of sp³-hybridized carbons (Fsp3) is 0.636. The molecule has 0 unspecified atom stereocenters. The summed E-state index contributed by atoms with van der Waals surface area (Å²) in [5.41, 5.74) is 0.387. The second kappa shape index (κ2) is 3.17. The maximum absolute atomic E-state index is 12.8. The van der Waals surface area contributed by atoms with Crippen LogP contribution in [0.4, 0.5) is 4.39 Å². The molecule has 2 aliphatic rings. The van der Waals surface area contributed by atoms with Crippen molar-refractivity contribution in [3.8, 4) is 0 Å². The molecule has 0 bridgehead atoms. The van der Waals surface area contributed by atoms with Crippen molar-refractivity contribution in [2.45, 2.75) is 32.6 Å². The van der Waals surface area contributed by atoms with Crippen LogP contribution in [0, 0.1) is 5.41 Å².